The smallest absolute Gasteiger partial charge is 0.00206 e. The minimum absolute atomic E-state index is 0.467. The van der Waals surface area contributed by atoms with Crippen molar-refractivity contribution in [3.8, 4) is 0 Å². The third-order valence-electron chi connectivity index (χ3n) is 4.13. The van der Waals surface area contributed by atoms with E-state index in [1.165, 1.54) is 44.9 Å². The van der Waals surface area contributed by atoms with Crippen LogP contribution in [0.2, 0.25) is 0 Å². The Morgan fingerprint density at radius 1 is 1.15 bits per heavy atom. The van der Waals surface area contributed by atoms with Crippen LogP contribution in [-0.4, -0.2) is 6.54 Å². The van der Waals surface area contributed by atoms with Crippen molar-refractivity contribution in [2.24, 2.45) is 17.1 Å². The van der Waals surface area contributed by atoms with Gasteiger partial charge in [0, 0.05) is 0 Å². The molecule has 0 aromatic carbocycles. The minimum atomic E-state index is 0.467. The highest BCUT2D eigenvalue weighted by Gasteiger charge is 2.29. The average molecular weight is 183 g/mol. The van der Waals surface area contributed by atoms with Gasteiger partial charge in [-0.2, -0.15) is 0 Å². The summed E-state index contributed by atoms with van der Waals surface area (Å²) in [6.07, 6.45) is 9.74. The number of hydrogen-bond donors (Lipinski definition) is 1. The molecule has 78 valence electrons. The predicted molar refractivity (Wildman–Crippen MR) is 58.6 cm³/mol. The third kappa shape index (κ3) is 2.70. The molecule has 0 saturated heterocycles. The van der Waals surface area contributed by atoms with Crippen LogP contribution in [-0.2, 0) is 0 Å². The van der Waals surface area contributed by atoms with Gasteiger partial charge >= 0.3 is 0 Å². The highest BCUT2D eigenvalue weighted by molar-refractivity contribution is 4.82. The van der Waals surface area contributed by atoms with Gasteiger partial charge in [0.15, 0.2) is 0 Å². The van der Waals surface area contributed by atoms with Crippen molar-refractivity contribution in [1.82, 2.24) is 0 Å². The fourth-order valence-corrected chi connectivity index (χ4v) is 2.74. The lowest BCUT2D eigenvalue weighted by Crippen LogP contribution is -2.31. The topological polar surface area (TPSA) is 26.0 Å². The van der Waals surface area contributed by atoms with Gasteiger partial charge in [-0.05, 0) is 37.1 Å². The van der Waals surface area contributed by atoms with E-state index in [0.717, 1.165) is 12.5 Å². The van der Waals surface area contributed by atoms with Gasteiger partial charge in [-0.1, -0.05) is 39.5 Å². The van der Waals surface area contributed by atoms with Gasteiger partial charge in [0.25, 0.3) is 0 Å². The van der Waals surface area contributed by atoms with Gasteiger partial charge in [0.2, 0.25) is 0 Å². The monoisotopic (exact) mass is 183 g/mol. The molecule has 1 rings (SSSR count). The Bertz CT molecular complexity index is 124. The first-order valence-electron chi connectivity index (χ1n) is 5.96. The SMILES string of the molecule is CCC(CC)(CN)CC1CCCC1. The molecule has 13 heavy (non-hydrogen) atoms. The maximum absolute atomic E-state index is 5.91. The van der Waals surface area contributed by atoms with Crippen LogP contribution in [0.1, 0.15) is 58.8 Å². The third-order valence-corrected chi connectivity index (χ3v) is 4.13. The molecule has 1 nitrogen and oxygen atoms in total. The summed E-state index contributed by atoms with van der Waals surface area (Å²) in [5.41, 5.74) is 6.37. The summed E-state index contributed by atoms with van der Waals surface area (Å²) < 4.78 is 0. The first kappa shape index (κ1) is 11.0. The molecule has 0 heterocycles. The molecule has 1 heteroatoms. The first-order valence-corrected chi connectivity index (χ1v) is 5.96. The molecule has 0 aromatic heterocycles. The maximum Gasteiger partial charge on any atom is -0.00206 e. The Morgan fingerprint density at radius 2 is 1.69 bits per heavy atom. The van der Waals surface area contributed by atoms with Crippen LogP contribution < -0.4 is 5.73 Å². The van der Waals surface area contributed by atoms with Gasteiger partial charge in [-0.25, -0.2) is 0 Å². The van der Waals surface area contributed by atoms with Crippen LogP contribution in [0, 0.1) is 11.3 Å². The van der Waals surface area contributed by atoms with E-state index in [2.05, 4.69) is 13.8 Å². The van der Waals surface area contributed by atoms with Crippen molar-refractivity contribution < 1.29 is 0 Å². The Hall–Kier alpha value is -0.0400. The predicted octanol–water partition coefficient (Wildman–Crippen LogP) is 3.33. The van der Waals surface area contributed by atoms with E-state index in [-0.39, 0.29) is 0 Å². The van der Waals surface area contributed by atoms with Crippen LogP contribution in [0.3, 0.4) is 0 Å². The van der Waals surface area contributed by atoms with Crippen LogP contribution in [0.15, 0.2) is 0 Å². The van der Waals surface area contributed by atoms with Crippen molar-refractivity contribution in [2.75, 3.05) is 6.54 Å². The lowest BCUT2D eigenvalue weighted by molar-refractivity contribution is 0.204. The van der Waals surface area contributed by atoms with E-state index in [4.69, 9.17) is 5.73 Å². The molecule has 1 aliphatic carbocycles. The van der Waals surface area contributed by atoms with Crippen LogP contribution in [0.25, 0.3) is 0 Å². The number of nitrogens with two attached hydrogens (primary N) is 1. The molecule has 0 spiro atoms. The summed E-state index contributed by atoms with van der Waals surface area (Å²) >= 11 is 0. The summed E-state index contributed by atoms with van der Waals surface area (Å²) in [5.74, 6) is 0.989. The largest absolute Gasteiger partial charge is 0.330 e. The summed E-state index contributed by atoms with van der Waals surface area (Å²) in [7, 11) is 0. The van der Waals surface area contributed by atoms with Crippen LogP contribution >= 0.6 is 0 Å². The Labute approximate surface area is 83.1 Å². The molecule has 0 aromatic rings. The standard InChI is InChI=1S/C12H25N/c1-3-12(4-2,10-13)9-11-7-5-6-8-11/h11H,3-10,13H2,1-2H3. The van der Waals surface area contributed by atoms with Crippen LogP contribution in [0.5, 0.6) is 0 Å². The average Bonchev–Trinajstić information content (AvgIpc) is 2.67. The minimum Gasteiger partial charge on any atom is -0.330 e. The van der Waals surface area contributed by atoms with Gasteiger partial charge < -0.3 is 5.73 Å². The summed E-state index contributed by atoms with van der Waals surface area (Å²) in [6, 6.07) is 0. The molecule has 2 N–H and O–H groups in total. The van der Waals surface area contributed by atoms with Gasteiger partial charge in [0.05, 0.1) is 0 Å². The molecule has 1 saturated carbocycles. The van der Waals surface area contributed by atoms with Gasteiger partial charge in [-0.3, -0.25) is 0 Å². The molecule has 0 atom stereocenters. The number of hydrogen-bond acceptors (Lipinski definition) is 1. The lowest BCUT2D eigenvalue weighted by atomic mass is 9.74. The normalized spacial score (nSPS) is 19.6. The summed E-state index contributed by atoms with van der Waals surface area (Å²) in [4.78, 5) is 0. The fraction of sp³-hybridized carbons (Fsp3) is 1.00. The lowest BCUT2D eigenvalue weighted by Gasteiger charge is -2.32. The zero-order chi connectivity index (χ0) is 9.73. The molecule has 0 bridgehead atoms. The van der Waals surface area contributed by atoms with Crippen molar-refractivity contribution in [1.29, 1.82) is 0 Å². The Balaban J connectivity index is 2.44. The first-order chi connectivity index (χ1) is 6.26. The van der Waals surface area contributed by atoms with Gasteiger partial charge in [0.1, 0.15) is 0 Å². The maximum atomic E-state index is 5.91. The van der Waals surface area contributed by atoms with Crippen molar-refractivity contribution in [3.63, 3.8) is 0 Å². The van der Waals surface area contributed by atoms with E-state index in [9.17, 15) is 0 Å². The second kappa shape index (κ2) is 4.99. The highest BCUT2D eigenvalue weighted by Crippen LogP contribution is 2.39. The van der Waals surface area contributed by atoms with E-state index in [0.29, 0.717) is 5.41 Å². The van der Waals surface area contributed by atoms with Crippen molar-refractivity contribution >= 4 is 0 Å². The van der Waals surface area contributed by atoms with E-state index < -0.39 is 0 Å². The van der Waals surface area contributed by atoms with E-state index in [1.807, 2.05) is 0 Å². The molecule has 1 fully saturated rings. The molecule has 0 amide bonds. The van der Waals surface area contributed by atoms with E-state index in [1.54, 1.807) is 0 Å². The number of rotatable bonds is 5. The van der Waals surface area contributed by atoms with Crippen molar-refractivity contribution in [3.05, 3.63) is 0 Å². The second-order valence-electron chi connectivity index (χ2n) is 4.77. The Morgan fingerprint density at radius 3 is 2.08 bits per heavy atom. The molecule has 0 unspecified atom stereocenters. The van der Waals surface area contributed by atoms with E-state index >= 15 is 0 Å². The highest BCUT2D eigenvalue weighted by atomic mass is 14.6. The molecular weight excluding hydrogens is 158 g/mol. The summed E-state index contributed by atoms with van der Waals surface area (Å²) in [6.45, 7) is 5.48. The quantitative estimate of drug-likeness (QED) is 0.695. The van der Waals surface area contributed by atoms with Crippen molar-refractivity contribution in [2.45, 2.75) is 58.8 Å². The second-order valence-corrected chi connectivity index (χ2v) is 4.77. The Kier molecular flexibility index (Phi) is 4.24. The van der Waals surface area contributed by atoms with Crippen LogP contribution in [0.4, 0.5) is 0 Å². The zero-order valence-electron chi connectivity index (χ0n) is 9.31. The molecule has 1 aliphatic rings. The fourth-order valence-electron chi connectivity index (χ4n) is 2.74. The zero-order valence-corrected chi connectivity index (χ0v) is 9.31. The summed E-state index contributed by atoms with van der Waals surface area (Å²) in [5, 5.41) is 0. The van der Waals surface area contributed by atoms with Gasteiger partial charge in [-0.15, -0.1) is 0 Å². The molecule has 0 radical (unpaired) electrons. The molecule has 0 aliphatic heterocycles. The molecular formula is C12H25N.